The second kappa shape index (κ2) is 4.36. The number of aromatic amines is 1. The van der Waals surface area contributed by atoms with Crippen molar-refractivity contribution in [1.82, 2.24) is 15.0 Å². The molecule has 0 aliphatic heterocycles. The number of pyridine rings is 1. The van der Waals surface area contributed by atoms with Gasteiger partial charge in [0.15, 0.2) is 0 Å². The van der Waals surface area contributed by atoms with E-state index in [4.69, 9.17) is 0 Å². The monoisotopic (exact) mass is 202 g/mol. The fraction of sp³-hybridized carbons (Fsp3) is 0.100. The van der Waals surface area contributed by atoms with Crippen LogP contribution in [0.4, 0.5) is 5.95 Å². The quantitative estimate of drug-likeness (QED) is 0.779. The Morgan fingerprint density at radius 2 is 2.27 bits per heavy atom. The summed E-state index contributed by atoms with van der Waals surface area (Å²) in [4.78, 5) is 22.2. The van der Waals surface area contributed by atoms with Gasteiger partial charge in [0.1, 0.15) is 0 Å². The van der Waals surface area contributed by atoms with E-state index < -0.39 is 0 Å². The number of hydrogen-bond acceptors (Lipinski definition) is 3. The molecule has 0 aliphatic carbocycles. The third-order valence-corrected chi connectivity index (χ3v) is 1.82. The minimum atomic E-state index is -0.136. The van der Waals surface area contributed by atoms with E-state index in [2.05, 4.69) is 20.3 Å². The van der Waals surface area contributed by atoms with Crippen molar-refractivity contribution in [3.05, 3.63) is 42.5 Å². The number of amides is 1. The van der Waals surface area contributed by atoms with Crippen LogP contribution in [0.15, 0.2) is 36.8 Å². The van der Waals surface area contributed by atoms with E-state index in [9.17, 15) is 4.79 Å². The molecular weight excluding hydrogens is 192 g/mol. The summed E-state index contributed by atoms with van der Waals surface area (Å²) in [6, 6.07) is 5.47. The van der Waals surface area contributed by atoms with Crippen molar-refractivity contribution in [1.29, 1.82) is 0 Å². The van der Waals surface area contributed by atoms with Gasteiger partial charge < -0.3 is 4.98 Å². The standard InChI is InChI=1S/C10H10N4O/c15-9(14-10-12-5-6-13-10)7-8-3-1-2-4-11-8/h1-6H,7H2,(H2,12,13,14,15). The first-order valence-corrected chi connectivity index (χ1v) is 4.54. The molecule has 0 aliphatic rings. The van der Waals surface area contributed by atoms with Gasteiger partial charge in [0.2, 0.25) is 11.9 Å². The smallest absolute Gasteiger partial charge is 0.232 e. The minimum absolute atomic E-state index is 0.136. The number of anilines is 1. The fourth-order valence-corrected chi connectivity index (χ4v) is 1.18. The number of nitrogens with one attached hydrogen (secondary N) is 2. The molecule has 2 heterocycles. The highest BCUT2D eigenvalue weighted by molar-refractivity contribution is 5.90. The first kappa shape index (κ1) is 9.39. The van der Waals surface area contributed by atoms with Gasteiger partial charge >= 0.3 is 0 Å². The lowest BCUT2D eigenvalue weighted by Gasteiger charge is -2.00. The molecule has 0 spiro atoms. The molecule has 0 fully saturated rings. The van der Waals surface area contributed by atoms with Gasteiger partial charge in [-0.05, 0) is 12.1 Å². The number of rotatable bonds is 3. The van der Waals surface area contributed by atoms with Gasteiger partial charge in [0.05, 0.1) is 6.42 Å². The lowest BCUT2D eigenvalue weighted by molar-refractivity contribution is -0.115. The van der Waals surface area contributed by atoms with E-state index in [1.807, 2.05) is 18.2 Å². The van der Waals surface area contributed by atoms with Gasteiger partial charge in [-0.1, -0.05) is 6.07 Å². The summed E-state index contributed by atoms with van der Waals surface area (Å²) in [6.45, 7) is 0. The lowest BCUT2D eigenvalue weighted by Crippen LogP contribution is -2.15. The first-order valence-electron chi connectivity index (χ1n) is 4.54. The summed E-state index contributed by atoms with van der Waals surface area (Å²) in [5.41, 5.74) is 0.738. The van der Waals surface area contributed by atoms with E-state index in [0.717, 1.165) is 5.69 Å². The van der Waals surface area contributed by atoms with Crippen LogP contribution in [0.3, 0.4) is 0 Å². The molecule has 0 radical (unpaired) electrons. The highest BCUT2D eigenvalue weighted by atomic mass is 16.1. The molecule has 2 N–H and O–H groups in total. The van der Waals surface area contributed by atoms with Crippen LogP contribution in [0, 0.1) is 0 Å². The average molecular weight is 202 g/mol. The molecule has 0 bridgehead atoms. The number of aromatic nitrogens is 3. The molecule has 0 saturated carbocycles. The van der Waals surface area contributed by atoms with Crippen molar-refractivity contribution >= 4 is 11.9 Å². The zero-order valence-corrected chi connectivity index (χ0v) is 7.97. The van der Waals surface area contributed by atoms with Gasteiger partial charge in [-0.2, -0.15) is 0 Å². The number of hydrogen-bond donors (Lipinski definition) is 2. The number of imidazole rings is 1. The van der Waals surface area contributed by atoms with Gasteiger partial charge in [-0.15, -0.1) is 0 Å². The maximum atomic E-state index is 11.5. The molecule has 76 valence electrons. The zero-order valence-electron chi connectivity index (χ0n) is 7.97. The van der Waals surface area contributed by atoms with Crippen LogP contribution in [0.25, 0.3) is 0 Å². The second-order valence-electron chi connectivity index (χ2n) is 2.98. The topological polar surface area (TPSA) is 70.7 Å². The Balaban J connectivity index is 1.94. The van der Waals surface area contributed by atoms with Crippen molar-refractivity contribution in [2.75, 3.05) is 5.32 Å². The van der Waals surface area contributed by atoms with Gasteiger partial charge in [0.25, 0.3) is 0 Å². The van der Waals surface area contributed by atoms with E-state index in [0.29, 0.717) is 5.95 Å². The third kappa shape index (κ3) is 2.63. The Kier molecular flexibility index (Phi) is 2.73. The summed E-state index contributed by atoms with van der Waals surface area (Å²) in [5, 5.41) is 2.62. The SMILES string of the molecule is O=C(Cc1ccccn1)Nc1ncc[nH]1. The van der Waals surface area contributed by atoms with E-state index in [1.54, 1.807) is 18.6 Å². The lowest BCUT2D eigenvalue weighted by atomic mass is 10.2. The Labute approximate surface area is 86.6 Å². The van der Waals surface area contributed by atoms with Crippen LogP contribution in [-0.4, -0.2) is 20.9 Å². The van der Waals surface area contributed by atoms with Gasteiger partial charge in [-0.3, -0.25) is 15.1 Å². The molecule has 0 aromatic carbocycles. The number of carbonyl (C=O) groups excluding carboxylic acids is 1. The van der Waals surface area contributed by atoms with Crippen LogP contribution in [0.5, 0.6) is 0 Å². The Bertz CT molecular complexity index is 424. The molecule has 2 aromatic heterocycles. The predicted molar refractivity (Wildman–Crippen MR) is 55.2 cm³/mol. The van der Waals surface area contributed by atoms with Crippen LogP contribution in [0.2, 0.25) is 0 Å². The molecule has 0 atom stereocenters. The van der Waals surface area contributed by atoms with Gasteiger partial charge in [-0.25, -0.2) is 4.98 Å². The van der Waals surface area contributed by atoms with Crippen molar-refractivity contribution in [2.45, 2.75) is 6.42 Å². The molecular formula is C10H10N4O. The highest BCUT2D eigenvalue weighted by Gasteiger charge is 2.05. The first-order chi connectivity index (χ1) is 7.34. The molecule has 0 saturated heterocycles. The Hall–Kier alpha value is -2.17. The van der Waals surface area contributed by atoms with Crippen LogP contribution in [-0.2, 0) is 11.2 Å². The molecule has 5 nitrogen and oxygen atoms in total. The number of carbonyl (C=O) groups is 1. The van der Waals surface area contributed by atoms with Crippen molar-refractivity contribution in [2.24, 2.45) is 0 Å². The molecule has 1 amide bonds. The molecule has 0 unspecified atom stereocenters. The van der Waals surface area contributed by atoms with E-state index in [1.165, 1.54) is 0 Å². The summed E-state index contributed by atoms with van der Waals surface area (Å²) < 4.78 is 0. The van der Waals surface area contributed by atoms with E-state index >= 15 is 0 Å². The van der Waals surface area contributed by atoms with Crippen LogP contribution < -0.4 is 5.32 Å². The summed E-state index contributed by atoms with van der Waals surface area (Å²) in [6.07, 6.45) is 5.14. The molecule has 2 rings (SSSR count). The highest BCUT2D eigenvalue weighted by Crippen LogP contribution is 1.99. The largest absolute Gasteiger partial charge is 0.331 e. The summed E-state index contributed by atoms with van der Waals surface area (Å²) in [7, 11) is 0. The average Bonchev–Trinajstić information content (AvgIpc) is 2.71. The summed E-state index contributed by atoms with van der Waals surface area (Å²) in [5.74, 6) is 0.319. The third-order valence-electron chi connectivity index (χ3n) is 1.82. The molecule has 2 aromatic rings. The summed E-state index contributed by atoms with van der Waals surface area (Å²) >= 11 is 0. The normalized spacial score (nSPS) is 9.87. The maximum Gasteiger partial charge on any atom is 0.232 e. The Morgan fingerprint density at radius 3 is 2.93 bits per heavy atom. The fourth-order valence-electron chi connectivity index (χ4n) is 1.18. The minimum Gasteiger partial charge on any atom is -0.331 e. The Morgan fingerprint density at radius 1 is 1.33 bits per heavy atom. The zero-order chi connectivity index (χ0) is 10.5. The van der Waals surface area contributed by atoms with Crippen molar-refractivity contribution < 1.29 is 4.79 Å². The number of H-pyrrole nitrogens is 1. The van der Waals surface area contributed by atoms with Crippen LogP contribution >= 0.6 is 0 Å². The van der Waals surface area contributed by atoms with Gasteiger partial charge in [0, 0.05) is 24.3 Å². The second-order valence-corrected chi connectivity index (χ2v) is 2.98. The van der Waals surface area contributed by atoms with Crippen LogP contribution in [0.1, 0.15) is 5.69 Å². The predicted octanol–water partition coefficient (Wildman–Crippen LogP) is 0.986. The van der Waals surface area contributed by atoms with Crippen molar-refractivity contribution in [3.8, 4) is 0 Å². The van der Waals surface area contributed by atoms with E-state index in [-0.39, 0.29) is 12.3 Å². The van der Waals surface area contributed by atoms with Crippen molar-refractivity contribution in [3.63, 3.8) is 0 Å². The molecule has 15 heavy (non-hydrogen) atoms. The maximum absolute atomic E-state index is 11.5. The number of nitrogens with zero attached hydrogens (tertiary/aromatic N) is 2. The molecule has 5 heteroatoms.